The van der Waals surface area contributed by atoms with Gasteiger partial charge in [-0.15, -0.1) is 0 Å². The molecule has 3 heteroatoms. The Morgan fingerprint density at radius 1 is 1.20 bits per heavy atom. The molecule has 4 fully saturated rings. The van der Waals surface area contributed by atoms with Gasteiger partial charge in [0.15, 0.2) is 5.96 Å². The van der Waals surface area contributed by atoms with Crippen LogP contribution in [0.2, 0.25) is 0 Å². The molecule has 4 bridgehead atoms. The Bertz CT molecular complexity index is 330. The summed E-state index contributed by atoms with van der Waals surface area (Å²) in [5, 5.41) is 0. The summed E-state index contributed by atoms with van der Waals surface area (Å²) in [6, 6.07) is 0.343. The zero-order valence-electron chi connectivity index (χ0n) is 9.02. The van der Waals surface area contributed by atoms with E-state index in [0.717, 1.165) is 17.8 Å². The minimum absolute atomic E-state index is 0.250. The van der Waals surface area contributed by atoms with Crippen molar-refractivity contribution in [1.29, 1.82) is 0 Å². The molecule has 4 saturated carbocycles. The minimum Gasteiger partial charge on any atom is -0.370 e. The molecule has 4 rings (SSSR count). The van der Waals surface area contributed by atoms with Crippen molar-refractivity contribution in [3.63, 3.8) is 0 Å². The summed E-state index contributed by atoms with van der Waals surface area (Å²) in [5.74, 6) is 3.25. The number of hydrogen-bond donors (Lipinski definition) is 2. The number of hydrogen-bond acceptors (Lipinski definition) is 1. The molecule has 0 saturated heterocycles. The third-order valence-corrected chi connectivity index (χ3v) is 4.62. The van der Waals surface area contributed by atoms with Crippen LogP contribution in [0.15, 0.2) is 17.1 Å². The SMILES string of the molecule is C=C1C2CC3CC(C2)C(N=C(N)N)C1C3. The van der Waals surface area contributed by atoms with Crippen LogP contribution in [-0.4, -0.2) is 12.0 Å². The molecule has 0 amide bonds. The standard InChI is InChI=1S/C12H19N3/c1-6-8-2-7-3-9(5-8)11(10(6)4-7)15-12(13)14/h7-11H,1-5H2,(H4,13,14,15). The van der Waals surface area contributed by atoms with Gasteiger partial charge in [0.05, 0.1) is 6.04 Å². The van der Waals surface area contributed by atoms with Crippen LogP contribution < -0.4 is 11.5 Å². The van der Waals surface area contributed by atoms with Gasteiger partial charge in [0.1, 0.15) is 0 Å². The molecule has 3 nitrogen and oxygen atoms in total. The number of nitrogens with two attached hydrogens (primary N) is 2. The van der Waals surface area contributed by atoms with Gasteiger partial charge in [0.25, 0.3) is 0 Å². The van der Waals surface area contributed by atoms with Gasteiger partial charge in [-0.3, -0.25) is 0 Å². The fourth-order valence-electron chi connectivity index (χ4n) is 4.13. The monoisotopic (exact) mass is 205 g/mol. The van der Waals surface area contributed by atoms with E-state index in [-0.39, 0.29) is 5.96 Å². The molecule has 0 spiro atoms. The van der Waals surface area contributed by atoms with E-state index in [2.05, 4.69) is 11.6 Å². The highest BCUT2D eigenvalue weighted by Gasteiger charge is 2.50. The lowest BCUT2D eigenvalue weighted by Crippen LogP contribution is -2.49. The van der Waals surface area contributed by atoms with E-state index in [1.54, 1.807) is 0 Å². The average molecular weight is 205 g/mol. The van der Waals surface area contributed by atoms with Crippen molar-refractivity contribution in [2.75, 3.05) is 0 Å². The van der Waals surface area contributed by atoms with Crippen LogP contribution in [0.5, 0.6) is 0 Å². The molecule has 0 aromatic heterocycles. The normalized spacial score (nSPS) is 46.9. The number of nitrogens with zero attached hydrogens (tertiary/aromatic N) is 1. The van der Waals surface area contributed by atoms with Crippen molar-refractivity contribution in [3.8, 4) is 0 Å². The first-order valence-corrected chi connectivity index (χ1v) is 5.92. The largest absolute Gasteiger partial charge is 0.370 e. The van der Waals surface area contributed by atoms with Crippen LogP contribution in [0.4, 0.5) is 0 Å². The van der Waals surface area contributed by atoms with Gasteiger partial charge >= 0.3 is 0 Å². The maximum absolute atomic E-state index is 5.52. The van der Waals surface area contributed by atoms with Gasteiger partial charge in [0.2, 0.25) is 0 Å². The molecule has 4 N–H and O–H groups in total. The van der Waals surface area contributed by atoms with Crippen LogP contribution in [0.3, 0.4) is 0 Å². The Labute approximate surface area is 90.6 Å². The minimum atomic E-state index is 0.250. The zero-order chi connectivity index (χ0) is 10.6. The lowest BCUT2D eigenvalue weighted by molar-refractivity contribution is 0.0497. The van der Waals surface area contributed by atoms with Crippen LogP contribution in [0, 0.1) is 23.7 Å². The van der Waals surface area contributed by atoms with E-state index in [1.807, 2.05) is 0 Å². The summed E-state index contributed by atoms with van der Waals surface area (Å²) < 4.78 is 0. The maximum Gasteiger partial charge on any atom is 0.186 e. The Morgan fingerprint density at radius 2 is 2.00 bits per heavy atom. The first-order valence-electron chi connectivity index (χ1n) is 5.92. The van der Waals surface area contributed by atoms with Gasteiger partial charge in [-0.1, -0.05) is 12.2 Å². The van der Waals surface area contributed by atoms with E-state index in [4.69, 9.17) is 11.5 Å². The molecular weight excluding hydrogens is 186 g/mol. The smallest absolute Gasteiger partial charge is 0.186 e. The molecule has 0 aromatic carbocycles. The number of rotatable bonds is 1. The molecule has 0 aromatic rings. The highest BCUT2D eigenvalue weighted by Crippen LogP contribution is 2.56. The lowest BCUT2D eigenvalue weighted by atomic mass is 9.52. The lowest BCUT2D eigenvalue weighted by Gasteiger charge is -2.54. The Hall–Kier alpha value is -0.990. The summed E-state index contributed by atoms with van der Waals surface area (Å²) in [4.78, 5) is 4.44. The maximum atomic E-state index is 5.52. The fourth-order valence-corrected chi connectivity index (χ4v) is 4.13. The topological polar surface area (TPSA) is 64.4 Å². The van der Waals surface area contributed by atoms with Crippen molar-refractivity contribution < 1.29 is 0 Å². The summed E-state index contributed by atoms with van der Waals surface area (Å²) in [6.07, 6.45) is 5.25. The van der Waals surface area contributed by atoms with E-state index >= 15 is 0 Å². The molecule has 0 aliphatic heterocycles. The highest BCUT2D eigenvalue weighted by atomic mass is 15.0. The predicted octanol–water partition coefficient (Wildman–Crippen LogP) is 1.25. The first kappa shape index (κ1) is 9.25. The van der Waals surface area contributed by atoms with Gasteiger partial charge in [0, 0.05) is 5.92 Å². The fraction of sp³-hybridized carbons (Fsp3) is 0.750. The molecule has 0 heterocycles. The number of guanidine groups is 1. The van der Waals surface area contributed by atoms with Gasteiger partial charge in [-0.25, -0.2) is 4.99 Å². The van der Waals surface area contributed by atoms with Crippen molar-refractivity contribution in [3.05, 3.63) is 12.2 Å². The van der Waals surface area contributed by atoms with Crippen LogP contribution in [0.25, 0.3) is 0 Å². The second-order valence-corrected chi connectivity index (χ2v) is 5.49. The van der Waals surface area contributed by atoms with E-state index in [0.29, 0.717) is 12.0 Å². The number of aliphatic imine (C=N–C) groups is 1. The molecule has 15 heavy (non-hydrogen) atoms. The van der Waals surface area contributed by atoms with E-state index in [9.17, 15) is 0 Å². The third kappa shape index (κ3) is 1.29. The van der Waals surface area contributed by atoms with Crippen molar-refractivity contribution >= 4 is 5.96 Å². The van der Waals surface area contributed by atoms with Crippen molar-refractivity contribution in [1.82, 2.24) is 0 Å². The molecule has 4 aliphatic carbocycles. The average Bonchev–Trinajstić information content (AvgIpc) is 2.18. The van der Waals surface area contributed by atoms with Gasteiger partial charge < -0.3 is 11.5 Å². The van der Waals surface area contributed by atoms with E-state index < -0.39 is 0 Å². The van der Waals surface area contributed by atoms with Crippen molar-refractivity contribution in [2.24, 2.45) is 40.1 Å². The predicted molar refractivity (Wildman–Crippen MR) is 61.2 cm³/mol. The summed E-state index contributed by atoms with van der Waals surface area (Å²) in [7, 11) is 0. The van der Waals surface area contributed by atoms with Crippen LogP contribution >= 0.6 is 0 Å². The summed E-state index contributed by atoms with van der Waals surface area (Å²) >= 11 is 0. The van der Waals surface area contributed by atoms with Crippen LogP contribution in [-0.2, 0) is 0 Å². The Morgan fingerprint density at radius 3 is 2.73 bits per heavy atom. The Kier molecular flexibility index (Phi) is 1.85. The summed E-state index contributed by atoms with van der Waals surface area (Å²) in [6.45, 7) is 4.26. The third-order valence-electron chi connectivity index (χ3n) is 4.62. The second-order valence-electron chi connectivity index (χ2n) is 5.49. The van der Waals surface area contributed by atoms with E-state index in [1.165, 1.54) is 31.3 Å². The quantitative estimate of drug-likeness (QED) is 0.384. The molecule has 0 radical (unpaired) electrons. The van der Waals surface area contributed by atoms with Gasteiger partial charge in [-0.2, -0.15) is 0 Å². The molecule has 82 valence electrons. The summed E-state index contributed by atoms with van der Waals surface area (Å²) in [5.41, 5.74) is 12.5. The van der Waals surface area contributed by atoms with Crippen molar-refractivity contribution in [2.45, 2.75) is 31.7 Å². The highest BCUT2D eigenvalue weighted by molar-refractivity contribution is 5.76. The first-order chi connectivity index (χ1) is 7.15. The molecule has 5 atom stereocenters. The Balaban J connectivity index is 1.92. The molecule has 5 unspecified atom stereocenters. The van der Waals surface area contributed by atoms with Crippen LogP contribution in [0.1, 0.15) is 25.7 Å². The zero-order valence-corrected chi connectivity index (χ0v) is 9.02. The molecular formula is C12H19N3. The molecule has 4 aliphatic rings. The second kappa shape index (κ2) is 3.00. The van der Waals surface area contributed by atoms with Gasteiger partial charge in [-0.05, 0) is 43.4 Å².